The molecule has 1 aliphatic heterocycles. The van der Waals surface area contributed by atoms with Crippen LogP contribution in [0.4, 0.5) is 0 Å². The van der Waals surface area contributed by atoms with Gasteiger partial charge in [-0.1, -0.05) is 42.0 Å². The average Bonchev–Trinajstić information content (AvgIpc) is 2.99. The number of aryl methyl sites for hydroxylation is 2. The minimum atomic E-state index is 0.121. The average molecular weight is 347 g/mol. The maximum atomic E-state index is 13.0. The van der Waals surface area contributed by atoms with Crippen LogP contribution in [0.3, 0.4) is 0 Å². The van der Waals surface area contributed by atoms with Gasteiger partial charge in [-0.15, -0.1) is 0 Å². The second-order valence-corrected chi connectivity index (χ2v) is 7.23. The fourth-order valence-corrected chi connectivity index (χ4v) is 3.76. The molecule has 26 heavy (non-hydrogen) atoms. The lowest BCUT2D eigenvalue weighted by molar-refractivity contribution is 0.0623. The van der Waals surface area contributed by atoms with Gasteiger partial charge >= 0.3 is 0 Å². The normalized spacial score (nSPS) is 15.5. The Bertz CT molecular complexity index is 921. The molecule has 4 heteroatoms. The molecule has 2 heterocycles. The van der Waals surface area contributed by atoms with Crippen molar-refractivity contribution in [1.82, 2.24) is 14.8 Å². The van der Waals surface area contributed by atoms with Crippen molar-refractivity contribution < 1.29 is 4.79 Å². The molecule has 1 amide bonds. The maximum absolute atomic E-state index is 13.0. The van der Waals surface area contributed by atoms with E-state index in [9.17, 15) is 4.79 Å². The first-order chi connectivity index (χ1) is 12.6. The molecule has 0 bridgehead atoms. The molecule has 0 saturated carbocycles. The second-order valence-electron chi connectivity index (χ2n) is 7.23. The Hall–Kier alpha value is -2.59. The van der Waals surface area contributed by atoms with E-state index >= 15 is 0 Å². The molecule has 1 aliphatic rings. The zero-order chi connectivity index (χ0) is 18.1. The van der Waals surface area contributed by atoms with Crippen LogP contribution in [0.15, 0.2) is 48.5 Å². The summed E-state index contributed by atoms with van der Waals surface area (Å²) in [5, 5.41) is 1.15. The molecule has 0 aliphatic carbocycles. The van der Waals surface area contributed by atoms with Crippen LogP contribution in [0, 0.1) is 13.8 Å². The van der Waals surface area contributed by atoms with Crippen LogP contribution in [-0.4, -0.2) is 46.9 Å². The predicted octanol–water partition coefficient (Wildman–Crippen LogP) is 3.74. The number of piperazine rings is 1. The van der Waals surface area contributed by atoms with E-state index in [-0.39, 0.29) is 5.91 Å². The van der Waals surface area contributed by atoms with Crippen molar-refractivity contribution in [1.29, 1.82) is 0 Å². The summed E-state index contributed by atoms with van der Waals surface area (Å²) in [6.07, 6.45) is 0. The van der Waals surface area contributed by atoms with E-state index in [4.69, 9.17) is 0 Å². The van der Waals surface area contributed by atoms with Gasteiger partial charge in [-0.2, -0.15) is 0 Å². The Morgan fingerprint density at radius 2 is 1.73 bits per heavy atom. The summed E-state index contributed by atoms with van der Waals surface area (Å²) < 4.78 is 0. The number of aromatic nitrogens is 1. The molecule has 0 spiro atoms. The number of nitrogens with zero attached hydrogens (tertiary/aromatic N) is 2. The van der Waals surface area contributed by atoms with Crippen molar-refractivity contribution in [3.05, 3.63) is 70.9 Å². The monoisotopic (exact) mass is 347 g/mol. The highest BCUT2D eigenvalue weighted by Gasteiger charge is 2.25. The van der Waals surface area contributed by atoms with Crippen LogP contribution in [0.25, 0.3) is 10.9 Å². The molecule has 0 atom stereocenters. The van der Waals surface area contributed by atoms with Crippen molar-refractivity contribution in [3.8, 4) is 0 Å². The zero-order valence-corrected chi connectivity index (χ0v) is 15.5. The molecule has 0 radical (unpaired) electrons. The zero-order valence-electron chi connectivity index (χ0n) is 15.5. The van der Waals surface area contributed by atoms with Crippen molar-refractivity contribution in [2.24, 2.45) is 0 Å². The Morgan fingerprint density at radius 1 is 1.00 bits per heavy atom. The van der Waals surface area contributed by atoms with Crippen LogP contribution in [0.5, 0.6) is 0 Å². The summed E-state index contributed by atoms with van der Waals surface area (Å²) in [4.78, 5) is 20.7. The standard InChI is InChI=1S/C22H25N3O/c1-16-8-9-20-19(14-16)17(2)21(23-20)22(26)25-12-10-24(11-13-25)15-18-6-4-3-5-7-18/h3-9,14,23H,10-13,15H2,1-2H3. The molecule has 4 nitrogen and oxygen atoms in total. The fourth-order valence-electron chi connectivity index (χ4n) is 3.76. The number of benzene rings is 2. The third-order valence-corrected chi connectivity index (χ3v) is 5.34. The smallest absolute Gasteiger partial charge is 0.270 e. The van der Waals surface area contributed by atoms with Crippen molar-refractivity contribution in [2.45, 2.75) is 20.4 Å². The highest BCUT2D eigenvalue weighted by Crippen LogP contribution is 2.24. The summed E-state index contributed by atoms with van der Waals surface area (Å²) in [5.74, 6) is 0.121. The van der Waals surface area contributed by atoms with Gasteiger partial charge in [0.15, 0.2) is 0 Å². The minimum absolute atomic E-state index is 0.121. The summed E-state index contributed by atoms with van der Waals surface area (Å²) in [7, 11) is 0. The van der Waals surface area contributed by atoms with Gasteiger partial charge in [0.05, 0.1) is 0 Å². The molecule has 2 aromatic carbocycles. The van der Waals surface area contributed by atoms with E-state index in [1.807, 2.05) is 17.9 Å². The predicted molar refractivity (Wildman–Crippen MR) is 105 cm³/mol. The van der Waals surface area contributed by atoms with Gasteiger partial charge in [0, 0.05) is 43.6 Å². The molecule has 1 fully saturated rings. The number of carbonyl (C=O) groups excluding carboxylic acids is 1. The number of hydrogen-bond acceptors (Lipinski definition) is 2. The maximum Gasteiger partial charge on any atom is 0.270 e. The summed E-state index contributed by atoms with van der Waals surface area (Å²) in [6, 6.07) is 16.8. The molecule has 1 N–H and O–H groups in total. The molecule has 4 rings (SSSR count). The molecular weight excluding hydrogens is 322 g/mol. The van der Waals surface area contributed by atoms with Crippen molar-refractivity contribution in [3.63, 3.8) is 0 Å². The molecule has 1 aromatic heterocycles. The number of aromatic amines is 1. The van der Waals surface area contributed by atoms with Gasteiger partial charge in [-0.05, 0) is 37.1 Å². The highest BCUT2D eigenvalue weighted by atomic mass is 16.2. The lowest BCUT2D eigenvalue weighted by atomic mass is 10.1. The van der Waals surface area contributed by atoms with E-state index < -0.39 is 0 Å². The van der Waals surface area contributed by atoms with E-state index in [0.29, 0.717) is 0 Å². The van der Waals surface area contributed by atoms with E-state index in [2.05, 4.69) is 59.3 Å². The Balaban J connectivity index is 1.44. The largest absolute Gasteiger partial charge is 0.350 e. The quantitative estimate of drug-likeness (QED) is 0.784. The number of fused-ring (bicyclic) bond motifs is 1. The van der Waals surface area contributed by atoms with Crippen LogP contribution >= 0.6 is 0 Å². The van der Waals surface area contributed by atoms with Crippen LogP contribution in [0.2, 0.25) is 0 Å². The minimum Gasteiger partial charge on any atom is -0.350 e. The second kappa shape index (κ2) is 6.96. The lowest BCUT2D eigenvalue weighted by Gasteiger charge is -2.34. The fraction of sp³-hybridized carbons (Fsp3) is 0.318. The van der Waals surface area contributed by atoms with Gasteiger partial charge in [-0.25, -0.2) is 0 Å². The third-order valence-electron chi connectivity index (χ3n) is 5.34. The number of nitrogens with one attached hydrogen (secondary N) is 1. The number of H-pyrrole nitrogens is 1. The van der Waals surface area contributed by atoms with Crippen LogP contribution < -0.4 is 0 Å². The topological polar surface area (TPSA) is 39.3 Å². The number of hydrogen-bond donors (Lipinski definition) is 1. The van der Waals surface area contributed by atoms with Crippen molar-refractivity contribution >= 4 is 16.8 Å². The number of amides is 1. The first-order valence-corrected chi connectivity index (χ1v) is 9.26. The first-order valence-electron chi connectivity index (χ1n) is 9.26. The van der Waals surface area contributed by atoms with Gasteiger partial charge < -0.3 is 9.88 Å². The molecule has 0 unspecified atom stereocenters. The first kappa shape index (κ1) is 16.9. The Morgan fingerprint density at radius 3 is 2.46 bits per heavy atom. The van der Waals surface area contributed by atoms with Crippen LogP contribution in [-0.2, 0) is 6.54 Å². The number of carbonyl (C=O) groups is 1. The highest BCUT2D eigenvalue weighted by molar-refractivity contribution is 6.01. The van der Waals surface area contributed by atoms with E-state index in [0.717, 1.165) is 54.9 Å². The Labute approximate surface area is 154 Å². The molecule has 1 saturated heterocycles. The molecule has 3 aromatic rings. The lowest BCUT2D eigenvalue weighted by Crippen LogP contribution is -2.48. The van der Waals surface area contributed by atoms with Gasteiger partial charge in [0.1, 0.15) is 5.69 Å². The summed E-state index contributed by atoms with van der Waals surface area (Å²) in [6.45, 7) is 8.46. The number of rotatable bonds is 3. The van der Waals surface area contributed by atoms with Gasteiger partial charge in [0.25, 0.3) is 5.91 Å². The van der Waals surface area contributed by atoms with Crippen molar-refractivity contribution in [2.75, 3.05) is 26.2 Å². The summed E-state index contributed by atoms with van der Waals surface area (Å²) in [5.41, 5.74) is 5.38. The SMILES string of the molecule is Cc1ccc2[nH]c(C(=O)N3CCN(Cc4ccccc4)CC3)c(C)c2c1. The van der Waals surface area contributed by atoms with E-state index in [1.54, 1.807) is 0 Å². The van der Waals surface area contributed by atoms with Gasteiger partial charge in [0.2, 0.25) is 0 Å². The molecule has 134 valence electrons. The summed E-state index contributed by atoms with van der Waals surface area (Å²) >= 11 is 0. The molecular formula is C22H25N3O. The van der Waals surface area contributed by atoms with Gasteiger partial charge in [-0.3, -0.25) is 9.69 Å². The Kier molecular flexibility index (Phi) is 4.51. The van der Waals surface area contributed by atoms with E-state index in [1.165, 1.54) is 11.1 Å². The van der Waals surface area contributed by atoms with Crippen LogP contribution in [0.1, 0.15) is 27.2 Å². The third kappa shape index (κ3) is 3.25.